The van der Waals surface area contributed by atoms with Crippen molar-refractivity contribution in [1.29, 1.82) is 0 Å². The van der Waals surface area contributed by atoms with Gasteiger partial charge in [0, 0.05) is 37.8 Å². The van der Waals surface area contributed by atoms with Crippen LogP contribution >= 0.6 is 24.0 Å². The van der Waals surface area contributed by atoms with Gasteiger partial charge in [-0.05, 0) is 55.0 Å². The number of nitrogens with zero attached hydrogens (tertiary/aromatic N) is 2. The lowest BCUT2D eigenvalue weighted by Gasteiger charge is -2.36. The molecule has 0 unspecified atom stereocenters. The summed E-state index contributed by atoms with van der Waals surface area (Å²) in [5.74, 6) is 1.68. The predicted octanol–water partition coefficient (Wildman–Crippen LogP) is 4.73. The Morgan fingerprint density at radius 1 is 1.18 bits per heavy atom. The molecule has 9 heteroatoms. The van der Waals surface area contributed by atoms with Crippen LogP contribution in [0.15, 0.2) is 35.2 Å². The van der Waals surface area contributed by atoms with E-state index in [1.54, 1.807) is 38.5 Å². The summed E-state index contributed by atoms with van der Waals surface area (Å²) in [7, 11) is -0.215. The van der Waals surface area contributed by atoms with E-state index >= 15 is 0 Å². The van der Waals surface area contributed by atoms with E-state index in [0.29, 0.717) is 19.1 Å². The van der Waals surface area contributed by atoms with E-state index in [0.717, 1.165) is 50.3 Å². The van der Waals surface area contributed by atoms with Crippen molar-refractivity contribution in [2.24, 2.45) is 0 Å². The van der Waals surface area contributed by atoms with Crippen molar-refractivity contribution in [2.75, 3.05) is 40.4 Å². The lowest BCUT2D eigenvalue weighted by Crippen LogP contribution is -2.38. The standard InChI is InChI=1S/C24H31ClN2O4S.ClH/c1-4-27(32(28,29)22-9-6-5-8-19(22)25)14-7-13-26-15-12-17-16-21(30-2)24(31-3)18-10-11-20(26)23(17)18;/h5-6,8-9,16,20H,4,7,10-15H2,1-3H3;1H/t20-;/m0./s1. The van der Waals surface area contributed by atoms with Crippen LogP contribution in [0.4, 0.5) is 0 Å². The van der Waals surface area contributed by atoms with Gasteiger partial charge in [0.15, 0.2) is 11.5 Å². The Labute approximate surface area is 208 Å². The first-order valence-corrected chi connectivity index (χ1v) is 13.0. The maximum atomic E-state index is 13.1. The largest absolute Gasteiger partial charge is 0.493 e. The van der Waals surface area contributed by atoms with Crippen molar-refractivity contribution in [1.82, 2.24) is 9.21 Å². The van der Waals surface area contributed by atoms with E-state index in [2.05, 4.69) is 11.0 Å². The highest BCUT2D eigenvalue weighted by Gasteiger charge is 2.36. The topological polar surface area (TPSA) is 59.1 Å². The Hall–Kier alpha value is -1.51. The minimum absolute atomic E-state index is 0. The molecule has 2 aromatic carbocycles. The van der Waals surface area contributed by atoms with Gasteiger partial charge in [-0.1, -0.05) is 30.7 Å². The lowest BCUT2D eigenvalue weighted by atomic mass is 9.92. The molecule has 2 aromatic rings. The fourth-order valence-corrected chi connectivity index (χ4v) is 7.16. The van der Waals surface area contributed by atoms with Crippen molar-refractivity contribution in [3.8, 4) is 11.5 Å². The van der Waals surface area contributed by atoms with Gasteiger partial charge in [0.05, 0.1) is 19.2 Å². The summed E-state index contributed by atoms with van der Waals surface area (Å²) in [6, 6.07) is 9.13. The van der Waals surface area contributed by atoms with Crippen LogP contribution in [0.5, 0.6) is 11.5 Å². The molecule has 0 bridgehead atoms. The summed E-state index contributed by atoms with van der Waals surface area (Å²) in [4.78, 5) is 2.68. The summed E-state index contributed by atoms with van der Waals surface area (Å²) in [6.45, 7) is 4.58. The second-order valence-electron chi connectivity index (χ2n) is 8.28. The fourth-order valence-electron chi connectivity index (χ4n) is 5.18. The number of methoxy groups -OCH3 is 2. The molecule has 6 nitrogen and oxygen atoms in total. The van der Waals surface area contributed by atoms with E-state index in [-0.39, 0.29) is 22.3 Å². The van der Waals surface area contributed by atoms with E-state index < -0.39 is 10.0 Å². The molecule has 1 aliphatic heterocycles. The highest BCUT2D eigenvalue weighted by Crippen LogP contribution is 2.48. The number of ether oxygens (including phenoxy) is 2. The lowest BCUT2D eigenvalue weighted by molar-refractivity contribution is 0.179. The van der Waals surface area contributed by atoms with Gasteiger partial charge in [-0.15, -0.1) is 12.4 Å². The molecule has 1 atom stereocenters. The molecular weight excluding hydrogens is 483 g/mol. The normalized spacial score (nSPS) is 17.5. The summed E-state index contributed by atoms with van der Waals surface area (Å²) in [5.41, 5.74) is 4.02. The monoisotopic (exact) mass is 514 g/mol. The van der Waals surface area contributed by atoms with E-state index in [4.69, 9.17) is 21.1 Å². The first kappa shape index (κ1) is 26.1. The summed E-state index contributed by atoms with van der Waals surface area (Å²) in [6.07, 6.45) is 3.77. The van der Waals surface area contributed by atoms with Gasteiger partial charge in [-0.2, -0.15) is 4.31 Å². The average Bonchev–Trinajstić information content (AvgIpc) is 3.24. The van der Waals surface area contributed by atoms with Crippen LogP contribution in [0.2, 0.25) is 5.02 Å². The molecule has 4 rings (SSSR count). The van der Waals surface area contributed by atoms with Gasteiger partial charge >= 0.3 is 0 Å². The van der Waals surface area contributed by atoms with Gasteiger partial charge in [0.2, 0.25) is 10.0 Å². The molecule has 1 aliphatic carbocycles. The predicted molar refractivity (Wildman–Crippen MR) is 134 cm³/mol. The maximum absolute atomic E-state index is 13.1. The molecule has 0 saturated heterocycles. The number of hydrogen-bond donors (Lipinski definition) is 0. The molecule has 0 spiro atoms. The number of benzene rings is 2. The van der Waals surface area contributed by atoms with E-state index in [1.165, 1.54) is 21.0 Å². The minimum atomic E-state index is -3.61. The van der Waals surface area contributed by atoms with Gasteiger partial charge < -0.3 is 9.47 Å². The zero-order valence-corrected chi connectivity index (χ0v) is 21.7. The molecule has 2 aliphatic rings. The van der Waals surface area contributed by atoms with Gasteiger partial charge in [0.25, 0.3) is 0 Å². The Bertz CT molecular complexity index is 1090. The van der Waals surface area contributed by atoms with Crippen LogP contribution in [0.3, 0.4) is 0 Å². The van der Waals surface area contributed by atoms with Gasteiger partial charge in [-0.25, -0.2) is 8.42 Å². The molecule has 1 heterocycles. The van der Waals surface area contributed by atoms with Crippen LogP contribution in [0.1, 0.15) is 42.5 Å². The summed E-state index contributed by atoms with van der Waals surface area (Å²) >= 11 is 6.17. The SMILES string of the molecule is CCN(CCCN1CCc2cc(OC)c(OC)c3c2[C@@H]1CC3)S(=O)(=O)c1ccccc1Cl.Cl. The van der Waals surface area contributed by atoms with Crippen LogP contribution in [0.25, 0.3) is 0 Å². The summed E-state index contributed by atoms with van der Waals surface area (Å²) < 4.78 is 38.9. The Morgan fingerprint density at radius 3 is 2.61 bits per heavy atom. The molecule has 0 saturated carbocycles. The zero-order chi connectivity index (χ0) is 22.9. The second-order valence-corrected chi connectivity index (χ2v) is 10.6. The third-order valence-corrected chi connectivity index (χ3v) is 9.14. The Morgan fingerprint density at radius 2 is 1.94 bits per heavy atom. The molecule has 0 radical (unpaired) electrons. The molecule has 0 amide bonds. The molecular formula is C24H32Cl2N2O4S. The molecule has 0 aromatic heterocycles. The fraction of sp³-hybridized carbons (Fsp3) is 0.500. The highest BCUT2D eigenvalue weighted by atomic mass is 35.5. The second kappa shape index (κ2) is 10.8. The molecule has 182 valence electrons. The van der Waals surface area contributed by atoms with E-state index in [9.17, 15) is 8.42 Å². The highest BCUT2D eigenvalue weighted by molar-refractivity contribution is 7.89. The smallest absolute Gasteiger partial charge is 0.244 e. The van der Waals surface area contributed by atoms with Crippen molar-refractivity contribution >= 4 is 34.0 Å². The summed E-state index contributed by atoms with van der Waals surface area (Å²) in [5, 5.41) is 0.265. The maximum Gasteiger partial charge on any atom is 0.244 e. The van der Waals surface area contributed by atoms with E-state index in [1.807, 2.05) is 6.92 Å². The molecule has 0 N–H and O–H groups in total. The van der Waals surface area contributed by atoms with Crippen molar-refractivity contribution in [3.05, 3.63) is 52.0 Å². The molecule has 0 fully saturated rings. The number of halogens is 2. The van der Waals surface area contributed by atoms with Crippen LogP contribution in [-0.4, -0.2) is 58.0 Å². The number of rotatable bonds is 9. The van der Waals surface area contributed by atoms with Crippen LogP contribution in [-0.2, 0) is 22.9 Å². The third-order valence-electron chi connectivity index (χ3n) is 6.67. The Balaban J connectivity index is 0.00000306. The first-order valence-electron chi connectivity index (χ1n) is 11.2. The molecule has 33 heavy (non-hydrogen) atoms. The number of sulfonamides is 1. The van der Waals surface area contributed by atoms with Crippen molar-refractivity contribution in [2.45, 2.75) is 43.5 Å². The van der Waals surface area contributed by atoms with Crippen LogP contribution < -0.4 is 9.47 Å². The third kappa shape index (κ3) is 4.84. The minimum Gasteiger partial charge on any atom is -0.493 e. The van der Waals surface area contributed by atoms with Crippen molar-refractivity contribution < 1.29 is 17.9 Å². The average molecular weight is 516 g/mol. The quantitative estimate of drug-likeness (QED) is 0.484. The van der Waals surface area contributed by atoms with Crippen molar-refractivity contribution in [3.63, 3.8) is 0 Å². The van der Waals surface area contributed by atoms with Gasteiger partial charge in [-0.3, -0.25) is 4.90 Å². The van der Waals surface area contributed by atoms with Crippen LogP contribution in [0, 0.1) is 0 Å². The first-order chi connectivity index (χ1) is 15.4. The zero-order valence-electron chi connectivity index (χ0n) is 19.3. The number of hydrogen-bond acceptors (Lipinski definition) is 5. The van der Waals surface area contributed by atoms with Gasteiger partial charge in [0.1, 0.15) is 4.90 Å². The Kier molecular flexibility index (Phi) is 8.56.